The number of hydrogen-bond acceptors (Lipinski definition) is 3. The summed E-state index contributed by atoms with van der Waals surface area (Å²) in [4.78, 5) is 29.0. The number of piperidine rings is 1. The predicted octanol–water partition coefficient (Wildman–Crippen LogP) is 2.67. The van der Waals surface area contributed by atoms with Crippen molar-refractivity contribution in [1.82, 2.24) is 9.80 Å². The van der Waals surface area contributed by atoms with Gasteiger partial charge in [0, 0.05) is 26.1 Å². The molecule has 2 rings (SSSR count). The van der Waals surface area contributed by atoms with Gasteiger partial charge in [-0.15, -0.1) is 0 Å². The Morgan fingerprint density at radius 2 is 2.00 bits per heavy atom. The first kappa shape index (κ1) is 20.2. The zero-order valence-electron chi connectivity index (χ0n) is 16.6. The Morgan fingerprint density at radius 3 is 2.56 bits per heavy atom. The maximum Gasteiger partial charge on any atom is 0.226 e. The number of carbonyl (C=O) groups is 2. The molecule has 1 heterocycles. The van der Waals surface area contributed by atoms with E-state index >= 15 is 0 Å². The minimum atomic E-state index is -0.545. The van der Waals surface area contributed by atoms with E-state index in [1.165, 1.54) is 0 Å². The molecule has 1 saturated carbocycles. The second kappa shape index (κ2) is 8.07. The molecular formula is C20H36N2O3. The van der Waals surface area contributed by atoms with Crippen LogP contribution in [0, 0.1) is 17.3 Å². The lowest BCUT2D eigenvalue weighted by Gasteiger charge is -2.42. The van der Waals surface area contributed by atoms with Gasteiger partial charge in [-0.25, -0.2) is 0 Å². The zero-order chi connectivity index (χ0) is 18.8. The average Bonchev–Trinajstić information content (AvgIpc) is 3.20. The van der Waals surface area contributed by atoms with Gasteiger partial charge in [0.2, 0.25) is 11.8 Å². The summed E-state index contributed by atoms with van der Waals surface area (Å²) in [5, 5.41) is 10.0. The second-order valence-electron chi connectivity index (χ2n) is 8.87. The molecule has 5 heteroatoms. The van der Waals surface area contributed by atoms with Gasteiger partial charge in [-0.05, 0) is 30.6 Å². The fraction of sp³-hybridized carbons (Fsp3) is 0.900. The monoisotopic (exact) mass is 352 g/mol. The van der Waals surface area contributed by atoms with E-state index in [0.717, 1.165) is 32.2 Å². The third kappa shape index (κ3) is 4.96. The van der Waals surface area contributed by atoms with Gasteiger partial charge in [-0.1, -0.05) is 40.5 Å². The molecule has 4 atom stereocenters. The summed E-state index contributed by atoms with van der Waals surface area (Å²) in [5.41, 5.74) is 0.127. The highest BCUT2D eigenvalue weighted by Gasteiger charge is 2.52. The molecule has 0 aromatic carbocycles. The quantitative estimate of drug-likeness (QED) is 0.766. The first-order chi connectivity index (χ1) is 11.7. The standard InChI is InChI=1S/C20H36N2O3/c1-6-7-8-15(23)11-18(24)22-10-9-14(2)17(13-22)21(5)19(25)16-12-20(16,3)4/h14-17,23H,6-13H2,1-5H3/t14-,15?,16-,17+/m1/s1. The van der Waals surface area contributed by atoms with E-state index in [4.69, 9.17) is 0 Å². The molecule has 0 bridgehead atoms. The number of unbranched alkanes of at least 4 members (excludes halogenated alkanes) is 1. The Kier molecular flexibility index (Phi) is 6.52. The Balaban J connectivity index is 1.91. The molecule has 1 aliphatic carbocycles. The van der Waals surface area contributed by atoms with Crippen LogP contribution in [-0.4, -0.2) is 59.0 Å². The second-order valence-corrected chi connectivity index (χ2v) is 8.87. The number of hydrogen-bond donors (Lipinski definition) is 1. The van der Waals surface area contributed by atoms with Crippen LogP contribution in [0.1, 0.15) is 66.2 Å². The molecule has 2 fully saturated rings. The fourth-order valence-electron chi connectivity index (χ4n) is 3.95. The first-order valence-corrected chi connectivity index (χ1v) is 9.90. The van der Waals surface area contributed by atoms with Crippen LogP contribution in [0.3, 0.4) is 0 Å². The molecule has 0 aromatic rings. The van der Waals surface area contributed by atoms with Crippen LogP contribution in [0.5, 0.6) is 0 Å². The van der Waals surface area contributed by atoms with Gasteiger partial charge in [0.1, 0.15) is 0 Å². The number of aliphatic hydroxyl groups excluding tert-OH is 1. The number of likely N-dealkylation sites (N-methyl/N-ethyl adjacent to an activating group) is 1. The van der Waals surface area contributed by atoms with Gasteiger partial charge in [0.05, 0.1) is 18.6 Å². The van der Waals surface area contributed by atoms with Crippen molar-refractivity contribution in [3.63, 3.8) is 0 Å². The topological polar surface area (TPSA) is 60.9 Å². The third-order valence-electron chi connectivity index (χ3n) is 6.23. The summed E-state index contributed by atoms with van der Waals surface area (Å²) >= 11 is 0. The van der Waals surface area contributed by atoms with E-state index in [0.29, 0.717) is 18.9 Å². The number of nitrogens with zero attached hydrogens (tertiary/aromatic N) is 2. The van der Waals surface area contributed by atoms with Gasteiger partial charge in [0.15, 0.2) is 0 Å². The number of aliphatic hydroxyl groups is 1. The molecule has 0 aromatic heterocycles. The van der Waals surface area contributed by atoms with E-state index in [1.54, 1.807) is 0 Å². The molecule has 0 radical (unpaired) electrons. The van der Waals surface area contributed by atoms with Crippen molar-refractivity contribution in [2.75, 3.05) is 20.1 Å². The fourth-order valence-corrected chi connectivity index (χ4v) is 3.95. The maximum absolute atomic E-state index is 12.7. The molecule has 144 valence electrons. The van der Waals surface area contributed by atoms with Crippen LogP contribution in [0.15, 0.2) is 0 Å². The lowest BCUT2D eigenvalue weighted by Crippen LogP contribution is -2.54. The molecule has 2 aliphatic rings. The Labute approximate surface area is 152 Å². The Morgan fingerprint density at radius 1 is 1.36 bits per heavy atom. The Hall–Kier alpha value is -1.10. The molecule has 5 nitrogen and oxygen atoms in total. The summed E-state index contributed by atoms with van der Waals surface area (Å²) in [7, 11) is 1.89. The molecule has 1 saturated heterocycles. The first-order valence-electron chi connectivity index (χ1n) is 9.90. The SMILES string of the molecule is CCCCC(O)CC(=O)N1CC[C@@H](C)[C@@H](N(C)C(=O)[C@H]2CC2(C)C)C1. The van der Waals surface area contributed by atoms with E-state index in [1.807, 2.05) is 16.8 Å². The van der Waals surface area contributed by atoms with Crippen LogP contribution in [0.4, 0.5) is 0 Å². The van der Waals surface area contributed by atoms with Crippen molar-refractivity contribution in [3.8, 4) is 0 Å². The van der Waals surface area contributed by atoms with E-state index in [-0.39, 0.29) is 35.6 Å². The molecule has 0 spiro atoms. The van der Waals surface area contributed by atoms with Crippen molar-refractivity contribution in [2.45, 2.75) is 78.4 Å². The van der Waals surface area contributed by atoms with Crippen LogP contribution in [0.25, 0.3) is 0 Å². The highest BCUT2D eigenvalue weighted by atomic mass is 16.3. The molecule has 1 unspecified atom stereocenters. The normalized spacial score (nSPS) is 29.2. The zero-order valence-corrected chi connectivity index (χ0v) is 16.6. The molecule has 25 heavy (non-hydrogen) atoms. The smallest absolute Gasteiger partial charge is 0.226 e. The number of amides is 2. The van der Waals surface area contributed by atoms with E-state index in [9.17, 15) is 14.7 Å². The van der Waals surface area contributed by atoms with Crippen LogP contribution < -0.4 is 0 Å². The van der Waals surface area contributed by atoms with Gasteiger partial charge < -0.3 is 14.9 Å². The molecule has 2 amide bonds. The lowest BCUT2D eigenvalue weighted by atomic mass is 9.91. The molecular weight excluding hydrogens is 316 g/mol. The maximum atomic E-state index is 12.7. The van der Waals surface area contributed by atoms with Crippen molar-refractivity contribution >= 4 is 11.8 Å². The third-order valence-corrected chi connectivity index (χ3v) is 6.23. The van der Waals surface area contributed by atoms with E-state index < -0.39 is 6.10 Å². The van der Waals surface area contributed by atoms with Crippen molar-refractivity contribution in [3.05, 3.63) is 0 Å². The summed E-state index contributed by atoms with van der Waals surface area (Å²) in [6.45, 7) is 9.86. The molecule has 1 aliphatic heterocycles. The number of likely N-dealkylation sites (tertiary alicyclic amines) is 1. The minimum Gasteiger partial charge on any atom is -0.393 e. The van der Waals surface area contributed by atoms with Crippen molar-refractivity contribution in [1.29, 1.82) is 0 Å². The summed E-state index contributed by atoms with van der Waals surface area (Å²) < 4.78 is 0. The van der Waals surface area contributed by atoms with Gasteiger partial charge in [0.25, 0.3) is 0 Å². The minimum absolute atomic E-state index is 0.0214. The number of carbonyl (C=O) groups excluding carboxylic acids is 2. The summed E-state index contributed by atoms with van der Waals surface area (Å²) in [5.74, 6) is 0.767. The highest BCUT2D eigenvalue weighted by molar-refractivity contribution is 5.83. The van der Waals surface area contributed by atoms with Crippen LogP contribution >= 0.6 is 0 Å². The highest BCUT2D eigenvalue weighted by Crippen LogP contribution is 2.52. The van der Waals surface area contributed by atoms with Crippen molar-refractivity contribution < 1.29 is 14.7 Å². The summed E-state index contributed by atoms with van der Waals surface area (Å²) in [6, 6.07) is 0.0781. The Bertz CT molecular complexity index is 491. The molecule has 1 N–H and O–H groups in total. The van der Waals surface area contributed by atoms with Gasteiger partial charge in [-0.2, -0.15) is 0 Å². The average molecular weight is 353 g/mol. The van der Waals surface area contributed by atoms with Gasteiger partial charge in [-0.3, -0.25) is 9.59 Å². The van der Waals surface area contributed by atoms with Crippen molar-refractivity contribution in [2.24, 2.45) is 17.3 Å². The summed E-state index contributed by atoms with van der Waals surface area (Å²) in [6.07, 6.45) is 4.19. The number of rotatable bonds is 7. The lowest BCUT2D eigenvalue weighted by molar-refractivity contribution is -0.142. The predicted molar refractivity (Wildman–Crippen MR) is 99.0 cm³/mol. The van der Waals surface area contributed by atoms with Crippen LogP contribution in [0.2, 0.25) is 0 Å². The van der Waals surface area contributed by atoms with Gasteiger partial charge >= 0.3 is 0 Å². The van der Waals surface area contributed by atoms with Crippen LogP contribution in [-0.2, 0) is 9.59 Å². The van der Waals surface area contributed by atoms with E-state index in [2.05, 4.69) is 27.7 Å². The largest absolute Gasteiger partial charge is 0.393 e.